The molecule has 0 aromatic heterocycles. The third-order valence-corrected chi connectivity index (χ3v) is 15.8. The summed E-state index contributed by atoms with van der Waals surface area (Å²) in [6.07, 6.45) is 76.8. The second-order valence-corrected chi connectivity index (χ2v) is 23.2. The molecule has 0 aliphatic heterocycles. The van der Waals surface area contributed by atoms with Crippen LogP contribution in [0.15, 0.2) is 12.2 Å². The predicted octanol–water partition coefficient (Wildman–Crippen LogP) is 21.2. The zero-order valence-electron chi connectivity index (χ0n) is 49.6. The summed E-state index contributed by atoms with van der Waals surface area (Å²) >= 11 is 0. The molecule has 0 aliphatic rings. The largest absolute Gasteiger partial charge is 0.466 e. The summed E-state index contributed by atoms with van der Waals surface area (Å²) in [5, 5.41) is 23.3. The number of carbonyl (C=O) groups excluding carboxylic acids is 2. The van der Waals surface area contributed by atoms with Crippen molar-refractivity contribution < 1.29 is 24.5 Å². The van der Waals surface area contributed by atoms with Gasteiger partial charge in [0.1, 0.15) is 0 Å². The van der Waals surface area contributed by atoms with E-state index in [0.29, 0.717) is 25.9 Å². The van der Waals surface area contributed by atoms with Crippen molar-refractivity contribution in [2.24, 2.45) is 0 Å². The van der Waals surface area contributed by atoms with Crippen LogP contribution in [0.3, 0.4) is 0 Å². The van der Waals surface area contributed by atoms with Gasteiger partial charge in [0.05, 0.1) is 25.4 Å². The Morgan fingerprint density at radius 3 is 0.973 bits per heavy atom. The molecule has 2 atom stereocenters. The second-order valence-electron chi connectivity index (χ2n) is 23.2. The first kappa shape index (κ1) is 71.6. The van der Waals surface area contributed by atoms with Crippen molar-refractivity contribution in [2.75, 3.05) is 13.2 Å². The Hall–Kier alpha value is -1.40. The fourth-order valence-corrected chi connectivity index (χ4v) is 10.7. The van der Waals surface area contributed by atoms with Crippen LogP contribution >= 0.6 is 0 Å². The highest BCUT2D eigenvalue weighted by Gasteiger charge is 2.20. The fraction of sp³-hybridized carbons (Fsp3) is 0.940. The molecule has 1 amide bonds. The Morgan fingerprint density at radius 1 is 0.370 bits per heavy atom. The topological polar surface area (TPSA) is 95.9 Å². The number of aliphatic hydroxyl groups is 2. The van der Waals surface area contributed by atoms with Crippen LogP contribution in [0.5, 0.6) is 0 Å². The molecule has 0 radical (unpaired) electrons. The number of allylic oxidation sites excluding steroid dienone is 2. The zero-order chi connectivity index (χ0) is 52.9. The van der Waals surface area contributed by atoms with Crippen LogP contribution in [0.1, 0.15) is 380 Å². The molecule has 434 valence electrons. The predicted molar refractivity (Wildman–Crippen MR) is 320 cm³/mol. The zero-order valence-corrected chi connectivity index (χ0v) is 49.6. The highest BCUT2D eigenvalue weighted by Crippen LogP contribution is 2.19. The van der Waals surface area contributed by atoms with E-state index >= 15 is 0 Å². The second kappa shape index (κ2) is 63.1. The average molecular weight is 1030 g/mol. The van der Waals surface area contributed by atoms with Crippen molar-refractivity contribution in [3.8, 4) is 0 Å². The molecule has 2 unspecified atom stereocenters. The molecule has 0 saturated carbocycles. The van der Waals surface area contributed by atoms with Gasteiger partial charge in [-0.3, -0.25) is 9.59 Å². The van der Waals surface area contributed by atoms with Crippen molar-refractivity contribution in [1.29, 1.82) is 0 Å². The molecule has 0 saturated heterocycles. The number of rotatable bonds is 63. The minimum Gasteiger partial charge on any atom is -0.466 e. The quantitative estimate of drug-likeness (QED) is 0.0320. The Labute approximate surface area is 457 Å². The smallest absolute Gasteiger partial charge is 0.305 e. The molecule has 0 spiro atoms. The average Bonchev–Trinajstić information content (AvgIpc) is 3.39. The molecule has 3 N–H and O–H groups in total. The monoisotopic (exact) mass is 1030 g/mol. The van der Waals surface area contributed by atoms with Crippen LogP contribution in [-0.2, 0) is 14.3 Å². The molecule has 6 heteroatoms. The lowest BCUT2D eigenvalue weighted by Gasteiger charge is -2.22. The number of carbonyl (C=O) groups is 2. The number of esters is 1. The molecular weight excluding hydrogens is 899 g/mol. The lowest BCUT2D eigenvalue weighted by Crippen LogP contribution is -2.45. The minimum absolute atomic E-state index is 0.0185. The van der Waals surface area contributed by atoms with Gasteiger partial charge in [-0.15, -0.1) is 0 Å². The van der Waals surface area contributed by atoms with Crippen LogP contribution in [-0.4, -0.2) is 47.4 Å². The highest BCUT2D eigenvalue weighted by atomic mass is 16.5. The van der Waals surface area contributed by atoms with Gasteiger partial charge in [0, 0.05) is 12.8 Å². The van der Waals surface area contributed by atoms with Crippen LogP contribution in [0, 0.1) is 0 Å². The number of hydrogen-bond donors (Lipinski definition) is 3. The van der Waals surface area contributed by atoms with Crippen molar-refractivity contribution in [3.05, 3.63) is 12.2 Å². The third kappa shape index (κ3) is 59.7. The molecular formula is C67H131NO5. The van der Waals surface area contributed by atoms with Gasteiger partial charge in [-0.1, -0.05) is 328 Å². The first-order chi connectivity index (χ1) is 36.0. The molecule has 6 nitrogen and oxygen atoms in total. The Morgan fingerprint density at radius 2 is 0.644 bits per heavy atom. The van der Waals surface area contributed by atoms with Crippen molar-refractivity contribution in [3.63, 3.8) is 0 Å². The maximum absolute atomic E-state index is 12.5. The van der Waals surface area contributed by atoms with Crippen molar-refractivity contribution in [1.82, 2.24) is 5.32 Å². The van der Waals surface area contributed by atoms with Gasteiger partial charge in [0.25, 0.3) is 0 Å². The number of unbranched alkanes of at least 4 members (excludes halogenated alkanes) is 50. The van der Waals surface area contributed by atoms with Crippen LogP contribution in [0.4, 0.5) is 0 Å². The summed E-state index contributed by atoms with van der Waals surface area (Å²) in [7, 11) is 0. The molecule has 0 fully saturated rings. The summed E-state index contributed by atoms with van der Waals surface area (Å²) in [6.45, 7) is 4.98. The van der Waals surface area contributed by atoms with E-state index in [1.165, 1.54) is 308 Å². The van der Waals surface area contributed by atoms with E-state index in [1.807, 2.05) is 0 Å². The third-order valence-electron chi connectivity index (χ3n) is 15.8. The van der Waals surface area contributed by atoms with E-state index in [0.717, 1.165) is 38.5 Å². The number of amides is 1. The molecule has 0 rings (SSSR count). The molecule has 0 heterocycles. The van der Waals surface area contributed by atoms with Gasteiger partial charge in [-0.05, 0) is 51.4 Å². The SMILES string of the molecule is CCCCCCCCCCCCCCCCC(O)C(CO)NC(=O)CCCCCCCCCCCCCCCC/C=C\CCCCCCCCCCCCCCOC(=O)CCCCCCCCCCCCCC. The summed E-state index contributed by atoms with van der Waals surface area (Å²) < 4.78 is 5.48. The summed E-state index contributed by atoms with van der Waals surface area (Å²) in [5.74, 6) is -0.0124. The minimum atomic E-state index is -0.662. The van der Waals surface area contributed by atoms with Crippen molar-refractivity contribution in [2.45, 2.75) is 392 Å². The van der Waals surface area contributed by atoms with E-state index in [2.05, 4.69) is 31.3 Å². The Kier molecular flexibility index (Phi) is 61.9. The van der Waals surface area contributed by atoms with Crippen LogP contribution < -0.4 is 5.32 Å². The molecule has 0 bridgehead atoms. The van der Waals surface area contributed by atoms with Crippen LogP contribution in [0.2, 0.25) is 0 Å². The Bertz CT molecular complexity index is 1100. The van der Waals surface area contributed by atoms with E-state index in [4.69, 9.17) is 4.74 Å². The lowest BCUT2D eigenvalue weighted by molar-refractivity contribution is -0.143. The summed E-state index contributed by atoms with van der Waals surface area (Å²) in [6, 6.07) is -0.539. The summed E-state index contributed by atoms with van der Waals surface area (Å²) in [5.41, 5.74) is 0. The normalized spacial score (nSPS) is 12.5. The van der Waals surface area contributed by atoms with Crippen molar-refractivity contribution >= 4 is 11.9 Å². The molecule has 0 aromatic carbocycles. The maximum Gasteiger partial charge on any atom is 0.305 e. The Balaban J connectivity index is 3.35. The number of nitrogens with one attached hydrogen (secondary N) is 1. The van der Waals surface area contributed by atoms with Gasteiger partial charge in [-0.25, -0.2) is 0 Å². The van der Waals surface area contributed by atoms with Gasteiger partial charge in [0.15, 0.2) is 0 Å². The first-order valence-electron chi connectivity index (χ1n) is 33.4. The van der Waals surface area contributed by atoms with E-state index in [1.54, 1.807) is 0 Å². The molecule has 0 aliphatic carbocycles. The van der Waals surface area contributed by atoms with E-state index in [-0.39, 0.29) is 18.5 Å². The van der Waals surface area contributed by atoms with Crippen LogP contribution in [0.25, 0.3) is 0 Å². The molecule has 0 aromatic rings. The molecule has 73 heavy (non-hydrogen) atoms. The number of hydrogen-bond acceptors (Lipinski definition) is 5. The number of ether oxygens (including phenoxy) is 1. The maximum atomic E-state index is 12.5. The summed E-state index contributed by atoms with van der Waals surface area (Å²) in [4.78, 5) is 24.5. The fourth-order valence-electron chi connectivity index (χ4n) is 10.7. The standard InChI is InChI=1S/C67H131NO5/c1-3-5-7-9-11-13-15-17-36-39-43-47-51-55-59-65(70)64(63-69)68-66(71)60-56-52-48-44-40-37-34-32-30-28-26-24-22-20-18-19-21-23-25-27-29-31-33-35-38-42-46-50-54-58-62-73-67(72)61-57-53-49-45-41-16-14-12-10-8-6-4-2/h19,21,64-65,69-70H,3-18,20,22-63H2,1-2H3,(H,68,71)/b21-19-. The highest BCUT2D eigenvalue weighted by molar-refractivity contribution is 5.76. The van der Waals surface area contributed by atoms with Gasteiger partial charge >= 0.3 is 5.97 Å². The number of aliphatic hydroxyl groups excluding tert-OH is 2. The van der Waals surface area contributed by atoms with E-state index in [9.17, 15) is 19.8 Å². The van der Waals surface area contributed by atoms with Gasteiger partial charge in [-0.2, -0.15) is 0 Å². The lowest BCUT2D eigenvalue weighted by atomic mass is 10.0. The van der Waals surface area contributed by atoms with Gasteiger partial charge in [0.2, 0.25) is 5.91 Å². The van der Waals surface area contributed by atoms with E-state index < -0.39 is 12.1 Å². The first-order valence-corrected chi connectivity index (χ1v) is 33.4. The van der Waals surface area contributed by atoms with Gasteiger partial charge < -0.3 is 20.3 Å².